The summed E-state index contributed by atoms with van der Waals surface area (Å²) in [6, 6.07) is 16.1. The molecule has 3 aromatic rings. The third-order valence-corrected chi connectivity index (χ3v) is 4.05. The van der Waals surface area contributed by atoms with Crippen molar-refractivity contribution in [1.29, 1.82) is 0 Å². The summed E-state index contributed by atoms with van der Waals surface area (Å²) in [5.41, 5.74) is 1.41. The average Bonchev–Trinajstić information content (AvgIpc) is 3.16. The van der Waals surface area contributed by atoms with Crippen LogP contribution >= 0.6 is 0 Å². The van der Waals surface area contributed by atoms with Gasteiger partial charge in [0.2, 0.25) is 11.7 Å². The Morgan fingerprint density at radius 2 is 1.77 bits per heavy atom. The molecule has 6 nitrogen and oxygen atoms in total. The van der Waals surface area contributed by atoms with Gasteiger partial charge in [-0.3, -0.25) is 4.79 Å². The van der Waals surface area contributed by atoms with E-state index in [1.165, 1.54) is 0 Å². The third kappa shape index (κ3) is 3.91. The molecule has 0 bridgehead atoms. The number of carbonyl (C=O) groups is 1. The van der Waals surface area contributed by atoms with Crippen molar-refractivity contribution in [2.75, 3.05) is 7.11 Å². The third-order valence-electron chi connectivity index (χ3n) is 4.05. The van der Waals surface area contributed by atoms with Gasteiger partial charge in [0.05, 0.1) is 7.11 Å². The van der Waals surface area contributed by atoms with Gasteiger partial charge in [-0.05, 0) is 42.3 Å². The van der Waals surface area contributed by atoms with Gasteiger partial charge in [-0.25, -0.2) is 0 Å². The molecule has 0 aliphatic heterocycles. The van der Waals surface area contributed by atoms with E-state index in [0.29, 0.717) is 17.3 Å². The molecule has 0 aliphatic rings. The van der Waals surface area contributed by atoms with E-state index in [9.17, 15) is 4.79 Å². The number of hydrogen-bond acceptors (Lipinski definition) is 5. The summed E-state index contributed by atoms with van der Waals surface area (Å²) in [6.07, 6.45) is 0. The van der Waals surface area contributed by atoms with Crippen LogP contribution in [0.2, 0.25) is 0 Å². The second kappa shape index (κ2) is 7.82. The van der Waals surface area contributed by atoms with Crippen LogP contribution in [0, 0.1) is 5.92 Å². The van der Waals surface area contributed by atoms with E-state index < -0.39 is 0 Å². The SMILES string of the molecule is COc1ccc(-c2noc([C@@H](NC(=O)c3ccccc3)C(C)C)n2)cc1. The lowest BCUT2D eigenvalue weighted by atomic mass is 10.0. The standard InChI is InChI=1S/C20H21N3O3/c1-13(2)17(21-19(24)15-7-5-4-6-8-15)20-22-18(23-26-20)14-9-11-16(25-3)12-10-14/h4-13,17H,1-3H3,(H,21,24)/t17-/m0/s1. The molecule has 0 unspecified atom stereocenters. The van der Waals surface area contributed by atoms with Gasteiger partial charge in [0.15, 0.2) is 0 Å². The number of benzene rings is 2. The van der Waals surface area contributed by atoms with Crippen LogP contribution in [0.15, 0.2) is 59.1 Å². The van der Waals surface area contributed by atoms with Crippen LogP contribution in [0.3, 0.4) is 0 Å². The molecule has 0 saturated carbocycles. The maximum atomic E-state index is 12.5. The molecule has 2 aromatic carbocycles. The summed E-state index contributed by atoms with van der Waals surface area (Å²) >= 11 is 0. The van der Waals surface area contributed by atoms with Crippen LogP contribution in [-0.4, -0.2) is 23.2 Å². The quantitative estimate of drug-likeness (QED) is 0.729. The smallest absolute Gasteiger partial charge is 0.251 e. The van der Waals surface area contributed by atoms with Gasteiger partial charge in [0, 0.05) is 11.1 Å². The van der Waals surface area contributed by atoms with Gasteiger partial charge in [-0.2, -0.15) is 4.98 Å². The summed E-state index contributed by atoms with van der Waals surface area (Å²) < 4.78 is 10.6. The van der Waals surface area contributed by atoms with Crippen molar-refractivity contribution in [3.05, 3.63) is 66.1 Å². The van der Waals surface area contributed by atoms with Crippen LogP contribution in [0.5, 0.6) is 5.75 Å². The summed E-state index contributed by atoms with van der Waals surface area (Å²) in [6.45, 7) is 3.99. The van der Waals surface area contributed by atoms with E-state index in [-0.39, 0.29) is 17.9 Å². The fraction of sp³-hybridized carbons (Fsp3) is 0.250. The van der Waals surface area contributed by atoms with Crippen LogP contribution < -0.4 is 10.1 Å². The van der Waals surface area contributed by atoms with E-state index in [2.05, 4.69) is 15.5 Å². The Labute approximate surface area is 152 Å². The summed E-state index contributed by atoms with van der Waals surface area (Å²) in [7, 11) is 1.62. The van der Waals surface area contributed by atoms with Crippen LogP contribution in [0.4, 0.5) is 0 Å². The minimum atomic E-state index is -0.373. The Balaban J connectivity index is 1.80. The summed E-state index contributed by atoms with van der Waals surface area (Å²) in [5.74, 6) is 1.53. The fourth-order valence-electron chi connectivity index (χ4n) is 2.55. The molecule has 3 rings (SSSR count). The molecule has 26 heavy (non-hydrogen) atoms. The van der Waals surface area contributed by atoms with Gasteiger partial charge in [-0.1, -0.05) is 37.2 Å². The lowest BCUT2D eigenvalue weighted by molar-refractivity contribution is 0.0914. The molecular formula is C20H21N3O3. The first-order chi connectivity index (χ1) is 12.6. The molecule has 1 aromatic heterocycles. The van der Waals surface area contributed by atoms with Crippen molar-refractivity contribution in [2.45, 2.75) is 19.9 Å². The van der Waals surface area contributed by atoms with E-state index >= 15 is 0 Å². The number of ether oxygens (including phenoxy) is 1. The van der Waals surface area contributed by atoms with Gasteiger partial charge < -0.3 is 14.6 Å². The number of amides is 1. The van der Waals surface area contributed by atoms with Crippen molar-refractivity contribution < 1.29 is 14.1 Å². The number of nitrogens with one attached hydrogen (secondary N) is 1. The molecule has 0 saturated heterocycles. The fourth-order valence-corrected chi connectivity index (χ4v) is 2.55. The van der Waals surface area contributed by atoms with E-state index in [1.54, 1.807) is 19.2 Å². The Kier molecular flexibility index (Phi) is 5.31. The zero-order chi connectivity index (χ0) is 18.5. The zero-order valence-corrected chi connectivity index (χ0v) is 15.0. The minimum Gasteiger partial charge on any atom is -0.497 e. The number of hydrogen-bond donors (Lipinski definition) is 1. The van der Waals surface area contributed by atoms with Gasteiger partial charge >= 0.3 is 0 Å². The van der Waals surface area contributed by atoms with Gasteiger partial charge in [-0.15, -0.1) is 0 Å². The molecule has 0 spiro atoms. The van der Waals surface area contributed by atoms with Gasteiger partial charge in [0.1, 0.15) is 11.8 Å². The zero-order valence-electron chi connectivity index (χ0n) is 15.0. The highest BCUT2D eigenvalue weighted by Crippen LogP contribution is 2.25. The molecule has 134 valence electrons. The van der Waals surface area contributed by atoms with Crippen LogP contribution in [0.25, 0.3) is 11.4 Å². The average molecular weight is 351 g/mol. The molecule has 0 fully saturated rings. The Morgan fingerprint density at radius 3 is 2.38 bits per heavy atom. The van der Waals surface area contributed by atoms with Gasteiger partial charge in [0.25, 0.3) is 5.91 Å². The maximum Gasteiger partial charge on any atom is 0.251 e. The first-order valence-corrected chi connectivity index (χ1v) is 8.42. The predicted octanol–water partition coefficient (Wildman–Crippen LogP) is 3.87. The molecule has 1 amide bonds. The normalized spacial score (nSPS) is 12.0. The highest BCUT2D eigenvalue weighted by molar-refractivity contribution is 5.94. The van der Waals surface area contributed by atoms with E-state index in [1.807, 2.05) is 56.3 Å². The van der Waals surface area contributed by atoms with E-state index in [0.717, 1.165) is 11.3 Å². The highest BCUT2D eigenvalue weighted by Gasteiger charge is 2.25. The van der Waals surface area contributed by atoms with Crippen molar-refractivity contribution >= 4 is 5.91 Å². The van der Waals surface area contributed by atoms with Crippen molar-refractivity contribution in [2.24, 2.45) is 5.92 Å². The lowest BCUT2D eigenvalue weighted by Gasteiger charge is -2.18. The number of aromatic nitrogens is 2. The number of nitrogens with zero attached hydrogens (tertiary/aromatic N) is 2. The maximum absolute atomic E-state index is 12.5. The summed E-state index contributed by atoms with van der Waals surface area (Å²) in [5, 5.41) is 7.02. The molecular weight excluding hydrogens is 330 g/mol. The number of methoxy groups -OCH3 is 1. The molecule has 6 heteroatoms. The van der Waals surface area contributed by atoms with E-state index in [4.69, 9.17) is 9.26 Å². The lowest BCUT2D eigenvalue weighted by Crippen LogP contribution is -2.32. The monoisotopic (exact) mass is 351 g/mol. The first kappa shape index (κ1) is 17.7. The highest BCUT2D eigenvalue weighted by atomic mass is 16.5. The molecule has 1 N–H and O–H groups in total. The molecule has 1 atom stereocenters. The second-order valence-corrected chi connectivity index (χ2v) is 6.25. The molecule has 1 heterocycles. The topological polar surface area (TPSA) is 77.3 Å². The van der Waals surface area contributed by atoms with Crippen molar-refractivity contribution in [3.63, 3.8) is 0 Å². The first-order valence-electron chi connectivity index (χ1n) is 8.42. The Bertz CT molecular complexity index is 858. The largest absolute Gasteiger partial charge is 0.497 e. The number of carbonyl (C=O) groups excluding carboxylic acids is 1. The van der Waals surface area contributed by atoms with Crippen molar-refractivity contribution in [1.82, 2.24) is 15.5 Å². The van der Waals surface area contributed by atoms with Crippen molar-refractivity contribution in [3.8, 4) is 17.1 Å². The van der Waals surface area contributed by atoms with Crippen LogP contribution in [0.1, 0.15) is 36.1 Å². The molecule has 0 radical (unpaired) electrons. The number of rotatable bonds is 6. The second-order valence-electron chi connectivity index (χ2n) is 6.25. The predicted molar refractivity (Wildman–Crippen MR) is 97.8 cm³/mol. The Morgan fingerprint density at radius 1 is 1.08 bits per heavy atom. The molecule has 0 aliphatic carbocycles. The Hall–Kier alpha value is -3.15. The minimum absolute atomic E-state index is 0.0897. The van der Waals surface area contributed by atoms with Crippen LogP contribution in [-0.2, 0) is 0 Å². The summed E-state index contributed by atoms with van der Waals surface area (Å²) in [4.78, 5) is 16.9.